The van der Waals surface area contributed by atoms with Gasteiger partial charge in [-0.1, -0.05) is 94.0 Å². The summed E-state index contributed by atoms with van der Waals surface area (Å²) < 4.78 is 4.98. The van der Waals surface area contributed by atoms with Gasteiger partial charge in [-0.3, -0.25) is 4.79 Å². The van der Waals surface area contributed by atoms with Crippen LogP contribution in [0.5, 0.6) is 0 Å². The largest absolute Gasteiger partial charge is 0.462 e. The van der Waals surface area contributed by atoms with Gasteiger partial charge in [-0.2, -0.15) is 0 Å². The molecule has 0 bridgehead atoms. The van der Waals surface area contributed by atoms with Gasteiger partial charge in [0.1, 0.15) is 6.61 Å². The summed E-state index contributed by atoms with van der Waals surface area (Å²) >= 11 is 0. The van der Waals surface area contributed by atoms with Crippen LogP contribution in [0.25, 0.3) is 0 Å². The third-order valence-electron chi connectivity index (χ3n) is 9.57. The maximum absolute atomic E-state index is 10.9. The Bertz CT molecular complexity index is 1190. The third kappa shape index (κ3) is 30.2. The number of carbonyl (C=O) groups is 1. The normalized spacial score (nSPS) is 15.3. The SMILES string of the molecule is CC(=O)OC/C=C(\C)CC/C=C(\C)CC/C=C(\C)CC/C=C(\C)CC/C=C(\C)CCC(O)C(C)CC/C=C(\C)CC/C=C(\C)CCC=C(C)C. The van der Waals surface area contributed by atoms with Gasteiger partial charge in [0.15, 0.2) is 0 Å². The molecule has 284 valence electrons. The van der Waals surface area contributed by atoms with E-state index in [2.05, 4.69) is 112 Å². The molecule has 0 spiro atoms. The Morgan fingerprint density at radius 2 is 0.780 bits per heavy atom. The highest BCUT2D eigenvalue weighted by Gasteiger charge is 2.13. The predicted octanol–water partition coefficient (Wildman–Crippen LogP) is 14.4. The van der Waals surface area contributed by atoms with Gasteiger partial charge in [0.25, 0.3) is 0 Å². The van der Waals surface area contributed by atoms with Crippen LogP contribution in [0.1, 0.15) is 179 Å². The number of hydrogen-bond acceptors (Lipinski definition) is 3. The van der Waals surface area contributed by atoms with Crippen LogP contribution >= 0.6 is 0 Å². The van der Waals surface area contributed by atoms with Crippen LogP contribution in [0.3, 0.4) is 0 Å². The average Bonchev–Trinajstić information content (AvgIpc) is 3.03. The Hall–Kier alpha value is -2.65. The van der Waals surface area contributed by atoms with Gasteiger partial charge in [0, 0.05) is 6.92 Å². The molecular formula is C47H78O3. The van der Waals surface area contributed by atoms with Crippen LogP contribution in [0.2, 0.25) is 0 Å². The smallest absolute Gasteiger partial charge is 0.302 e. The summed E-state index contributed by atoms with van der Waals surface area (Å²) in [6.45, 7) is 23.9. The molecular weight excluding hydrogens is 613 g/mol. The molecule has 0 aromatic rings. The lowest BCUT2D eigenvalue weighted by Crippen LogP contribution is -2.17. The van der Waals surface area contributed by atoms with E-state index in [1.165, 1.54) is 51.5 Å². The van der Waals surface area contributed by atoms with Crippen molar-refractivity contribution in [2.24, 2.45) is 5.92 Å². The van der Waals surface area contributed by atoms with E-state index in [0.29, 0.717) is 12.5 Å². The molecule has 0 amide bonds. The number of rotatable bonds is 27. The second-order valence-corrected chi connectivity index (χ2v) is 15.3. The molecule has 0 aliphatic carbocycles. The highest BCUT2D eigenvalue weighted by Crippen LogP contribution is 2.21. The summed E-state index contributed by atoms with van der Waals surface area (Å²) in [5.74, 6) is 0.100. The Kier molecular flexibility index (Phi) is 28.4. The first-order chi connectivity index (χ1) is 23.7. The molecule has 1 N–H and O–H groups in total. The van der Waals surface area contributed by atoms with E-state index in [-0.39, 0.29) is 12.1 Å². The number of carbonyl (C=O) groups excluding carboxylic acids is 1. The van der Waals surface area contributed by atoms with Crippen LogP contribution in [-0.2, 0) is 9.53 Å². The standard InChI is InChI=1S/C47H78O3/c1-37(2)19-12-20-38(3)21-13-26-42(7)31-18-32-45(10)47(49)34-33-43(8)29-16-27-40(5)24-14-22-39(4)23-15-25-41(6)28-17-30-44(9)35-36-50-46(11)48/h19,21,23-24,28-29,31,35,45,47,49H,12-18,20,22,25-27,30,32-34,36H2,1-11H3/b38-21+,39-23+,40-24+,41-28+,42-31+,43-29+,44-35+. The lowest BCUT2D eigenvalue weighted by molar-refractivity contribution is -0.139. The number of allylic oxidation sites excluding steroid dienone is 15. The quantitative estimate of drug-likeness (QED) is 0.0689. The summed E-state index contributed by atoms with van der Waals surface area (Å²) in [6, 6.07) is 0. The molecule has 2 unspecified atom stereocenters. The van der Waals surface area contributed by atoms with Gasteiger partial charge >= 0.3 is 5.97 Å². The van der Waals surface area contributed by atoms with Gasteiger partial charge < -0.3 is 9.84 Å². The highest BCUT2D eigenvalue weighted by molar-refractivity contribution is 5.66. The minimum Gasteiger partial charge on any atom is -0.462 e. The van der Waals surface area contributed by atoms with E-state index < -0.39 is 0 Å². The van der Waals surface area contributed by atoms with Crippen molar-refractivity contribution in [3.63, 3.8) is 0 Å². The van der Waals surface area contributed by atoms with Crippen LogP contribution in [0.15, 0.2) is 93.2 Å². The van der Waals surface area contributed by atoms with Gasteiger partial charge in [-0.15, -0.1) is 0 Å². The lowest BCUT2D eigenvalue weighted by atomic mass is 9.93. The molecule has 0 saturated carbocycles. The van der Waals surface area contributed by atoms with Crippen molar-refractivity contribution in [3.8, 4) is 0 Å². The Morgan fingerprint density at radius 1 is 0.460 bits per heavy atom. The number of aliphatic hydroxyl groups excluding tert-OH is 1. The van der Waals surface area contributed by atoms with Gasteiger partial charge in [0.05, 0.1) is 6.10 Å². The minimum absolute atomic E-state index is 0.228. The zero-order chi connectivity index (χ0) is 37.7. The van der Waals surface area contributed by atoms with Gasteiger partial charge in [-0.05, 0) is 177 Å². The molecule has 0 aliphatic rings. The number of ether oxygens (including phenoxy) is 1. The zero-order valence-electron chi connectivity index (χ0n) is 34.6. The molecule has 0 radical (unpaired) electrons. The fraction of sp³-hybridized carbons (Fsp3) is 0.638. The molecule has 3 nitrogen and oxygen atoms in total. The van der Waals surface area contributed by atoms with Crippen molar-refractivity contribution >= 4 is 5.97 Å². The van der Waals surface area contributed by atoms with E-state index in [9.17, 15) is 9.90 Å². The number of esters is 1. The summed E-state index contributed by atoms with van der Waals surface area (Å²) in [4.78, 5) is 10.9. The third-order valence-corrected chi connectivity index (χ3v) is 9.57. The maximum atomic E-state index is 10.9. The molecule has 0 saturated heterocycles. The van der Waals surface area contributed by atoms with Crippen LogP contribution in [0, 0.1) is 5.92 Å². The monoisotopic (exact) mass is 691 g/mol. The van der Waals surface area contributed by atoms with Crippen molar-refractivity contribution in [1.82, 2.24) is 0 Å². The molecule has 3 heteroatoms. The topological polar surface area (TPSA) is 46.5 Å². The van der Waals surface area contributed by atoms with E-state index >= 15 is 0 Å². The van der Waals surface area contributed by atoms with Crippen molar-refractivity contribution in [3.05, 3.63) is 93.2 Å². The summed E-state index contributed by atoms with van der Waals surface area (Å²) in [5, 5.41) is 10.8. The first-order valence-corrected chi connectivity index (χ1v) is 19.7. The van der Waals surface area contributed by atoms with Gasteiger partial charge in [0.2, 0.25) is 0 Å². The molecule has 0 heterocycles. The van der Waals surface area contributed by atoms with Crippen molar-refractivity contribution < 1.29 is 14.6 Å². The fourth-order valence-corrected chi connectivity index (χ4v) is 5.78. The fourth-order valence-electron chi connectivity index (χ4n) is 5.78. The second kappa shape index (κ2) is 30.0. The van der Waals surface area contributed by atoms with Crippen molar-refractivity contribution in [2.45, 2.75) is 185 Å². The van der Waals surface area contributed by atoms with Gasteiger partial charge in [-0.25, -0.2) is 0 Å². The number of hydrogen-bond donors (Lipinski definition) is 1. The first-order valence-electron chi connectivity index (χ1n) is 19.7. The molecule has 0 aromatic carbocycles. The average molecular weight is 691 g/mol. The van der Waals surface area contributed by atoms with Crippen LogP contribution < -0.4 is 0 Å². The predicted molar refractivity (Wildman–Crippen MR) is 221 cm³/mol. The van der Waals surface area contributed by atoms with E-state index in [1.54, 1.807) is 0 Å². The molecule has 50 heavy (non-hydrogen) atoms. The van der Waals surface area contributed by atoms with E-state index in [4.69, 9.17) is 4.74 Å². The van der Waals surface area contributed by atoms with Crippen molar-refractivity contribution in [2.75, 3.05) is 6.61 Å². The molecule has 0 rings (SSSR count). The molecule has 2 atom stereocenters. The lowest BCUT2D eigenvalue weighted by Gasteiger charge is -2.18. The Balaban J connectivity index is 4.26. The Morgan fingerprint density at radius 3 is 1.14 bits per heavy atom. The highest BCUT2D eigenvalue weighted by atomic mass is 16.5. The zero-order valence-corrected chi connectivity index (χ0v) is 34.6. The molecule has 0 aliphatic heterocycles. The first kappa shape index (κ1) is 47.4. The molecule has 0 fully saturated rings. The van der Waals surface area contributed by atoms with Crippen molar-refractivity contribution in [1.29, 1.82) is 0 Å². The number of aliphatic hydroxyl groups is 1. The summed E-state index contributed by atoms with van der Waals surface area (Å²) in [5.41, 5.74) is 11.4. The summed E-state index contributed by atoms with van der Waals surface area (Å²) in [7, 11) is 0. The molecule has 0 aromatic heterocycles. The van der Waals surface area contributed by atoms with Crippen LogP contribution in [0.4, 0.5) is 0 Å². The van der Waals surface area contributed by atoms with E-state index in [1.807, 2.05) is 6.08 Å². The van der Waals surface area contributed by atoms with E-state index in [0.717, 1.165) is 103 Å². The Labute approximate surface area is 310 Å². The maximum Gasteiger partial charge on any atom is 0.302 e. The second-order valence-electron chi connectivity index (χ2n) is 15.3. The summed E-state index contributed by atoms with van der Waals surface area (Å²) in [6.07, 6.45) is 35.6. The van der Waals surface area contributed by atoms with Crippen LogP contribution in [-0.4, -0.2) is 23.8 Å². The minimum atomic E-state index is -0.229.